The van der Waals surface area contributed by atoms with Gasteiger partial charge in [-0.05, 0) is 39.0 Å². The largest absolute Gasteiger partial charge is 0.396 e. The Morgan fingerprint density at radius 2 is 1.89 bits per heavy atom. The highest BCUT2D eigenvalue weighted by molar-refractivity contribution is 5.74. The van der Waals surface area contributed by atoms with E-state index in [-0.39, 0.29) is 36.9 Å². The van der Waals surface area contributed by atoms with E-state index in [4.69, 9.17) is 9.84 Å². The summed E-state index contributed by atoms with van der Waals surface area (Å²) < 4.78 is 5.65. The molecule has 1 fully saturated rings. The van der Waals surface area contributed by atoms with Crippen molar-refractivity contribution in [3.63, 3.8) is 0 Å². The Balaban J connectivity index is 2.41. The van der Waals surface area contributed by atoms with Gasteiger partial charge in [-0.2, -0.15) is 0 Å². The van der Waals surface area contributed by atoms with Crippen molar-refractivity contribution in [1.82, 2.24) is 10.6 Å². The summed E-state index contributed by atoms with van der Waals surface area (Å²) in [6.07, 6.45) is 2.67. The molecule has 0 aromatic heterocycles. The SMILES string of the molecule is CC1CC(NC(=O)NC(CCO)C(C)C)CC(C)O1. The van der Waals surface area contributed by atoms with Crippen LogP contribution in [0.2, 0.25) is 0 Å². The molecule has 0 saturated carbocycles. The number of amides is 2. The van der Waals surface area contributed by atoms with E-state index in [1.165, 1.54) is 0 Å². The molecule has 0 spiro atoms. The van der Waals surface area contributed by atoms with Crippen molar-refractivity contribution in [3.05, 3.63) is 0 Å². The van der Waals surface area contributed by atoms with Gasteiger partial charge < -0.3 is 20.5 Å². The number of rotatable bonds is 5. The summed E-state index contributed by atoms with van der Waals surface area (Å²) >= 11 is 0. The molecule has 2 amide bonds. The van der Waals surface area contributed by atoms with Crippen molar-refractivity contribution in [2.75, 3.05) is 6.61 Å². The summed E-state index contributed by atoms with van der Waals surface area (Å²) in [5.41, 5.74) is 0. The van der Waals surface area contributed by atoms with Crippen LogP contribution >= 0.6 is 0 Å². The lowest BCUT2D eigenvalue weighted by atomic mass is 9.99. The Bertz CT molecular complexity index is 274. The predicted molar refractivity (Wildman–Crippen MR) is 75.0 cm³/mol. The number of ether oxygens (including phenoxy) is 1. The zero-order valence-corrected chi connectivity index (χ0v) is 12.5. The standard InChI is InChI=1S/C14H28N2O3/c1-9(2)13(5-6-17)16-14(18)15-12-7-10(3)19-11(4)8-12/h9-13,17H,5-8H2,1-4H3,(H2,15,16,18). The maximum atomic E-state index is 12.0. The van der Waals surface area contributed by atoms with Crippen molar-refractivity contribution in [1.29, 1.82) is 0 Å². The molecule has 5 nitrogen and oxygen atoms in total. The molecule has 0 radical (unpaired) electrons. The molecular formula is C14H28N2O3. The van der Waals surface area contributed by atoms with E-state index in [2.05, 4.69) is 10.6 Å². The van der Waals surface area contributed by atoms with Gasteiger partial charge in [0.25, 0.3) is 0 Å². The van der Waals surface area contributed by atoms with E-state index in [1.54, 1.807) is 0 Å². The van der Waals surface area contributed by atoms with Crippen LogP contribution in [0.25, 0.3) is 0 Å². The molecule has 112 valence electrons. The van der Waals surface area contributed by atoms with Crippen LogP contribution in [-0.4, -0.2) is 42.0 Å². The first-order chi connectivity index (χ1) is 8.92. The third-order valence-corrected chi connectivity index (χ3v) is 3.59. The molecule has 3 N–H and O–H groups in total. The normalized spacial score (nSPS) is 29.1. The Morgan fingerprint density at radius 1 is 1.32 bits per heavy atom. The zero-order chi connectivity index (χ0) is 14.4. The van der Waals surface area contributed by atoms with Crippen LogP contribution in [0.1, 0.15) is 47.0 Å². The molecule has 3 atom stereocenters. The molecule has 1 aliphatic rings. The molecule has 5 heteroatoms. The minimum atomic E-state index is -0.140. The van der Waals surface area contributed by atoms with Gasteiger partial charge in [-0.25, -0.2) is 4.79 Å². The molecule has 1 aliphatic heterocycles. The first-order valence-corrected chi connectivity index (χ1v) is 7.25. The Labute approximate surface area is 116 Å². The number of hydrogen-bond donors (Lipinski definition) is 3. The quantitative estimate of drug-likeness (QED) is 0.712. The van der Waals surface area contributed by atoms with Gasteiger partial charge in [-0.1, -0.05) is 13.8 Å². The van der Waals surface area contributed by atoms with Gasteiger partial charge in [0.05, 0.1) is 12.2 Å². The Hall–Kier alpha value is -0.810. The summed E-state index contributed by atoms with van der Waals surface area (Å²) in [4.78, 5) is 12.0. The van der Waals surface area contributed by atoms with Crippen molar-refractivity contribution in [3.8, 4) is 0 Å². The van der Waals surface area contributed by atoms with Crippen LogP contribution in [0.15, 0.2) is 0 Å². The predicted octanol–water partition coefficient (Wildman–Crippen LogP) is 1.65. The van der Waals surface area contributed by atoms with Crippen LogP contribution in [0.4, 0.5) is 4.79 Å². The smallest absolute Gasteiger partial charge is 0.315 e. The van der Waals surface area contributed by atoms with E-state index in [1.807, 2.05) is 27.7 Å². The number of carbonyl (C=O) groups excluding carboxylic acids is 1. The molecule has 3 unspecified atom stereocenters. The summed E-state index contributed by atoms with van der Waals surface area (Å²) in [5.74, 6) is 0.311. The minimum Gasteiger partial charge on any atom is -0.396 e. The summed E-state index contributed by atoms with van der Waals surface area (Å²) in [6, 6.07) is 0.0406. The summed E-state index contributed by atoms with van der Waals surface area (Å²) in [6.45, 7) is 8.24. The second-order valence-electron chi connectivity index (χ2n) is 5.91. The fourth-order valence-corrected chi connectivity index (χ4v) is 2.63. The van der Waals surface area contributed by atoms with E-state index in [0.29, 0.717) is 12.3 Å². The second kappa shape index (κ2) is 7.70. The Morgan fingerprint density at radius 3 is 2.37 bits per heavy atom. The average molecular weight is 272 g/mol. The summed E-state index contributed by atoms with van der Waals surface area (Å²) in [5, 5.41) is 15.0. The summed E-state index contributed by atoms with van der Waals surface area (Å²) in [7, 11) is 0. The van der Waals surface area contributed by atoms with Gasteiger partial charge >= 0.3 is 6.03 Å². The van der Waals surface area contributed by atoms with E-state index in [0.717, 1.165) is 12.8 Å². The van der Waals surface area contributed by atoms with Crippen LogP contribution in [0.3, 0.4) is 0 Å². The lowest BCUT2D eigenvalue weighted by Gasteiger charge is -2.33. The van der Waals surface area contributed by atoms with E-state index >= 15 is 0 Å². The fourth-order valence-electron chi connectivity index (χ4n) is 2.63. The molecular weight excluding hydrogens is 244 g/mol. The molecule has 0 bridgehead atoms. The van der Waals surface area contributed by atoms with Gasteiger partial charge in [0.2, 0.25) is 0 Å². The maximum absolute atomic E-state index is 12.0. The maximum Gasteiger partial charge on any atom is 0.315 e. The van der Waals surface area contributed by atoms with Crippen molar-refractivity contribution >= 4 is 6.03 Å². The molecule has 0 aliphatic carbocycles. The van der Waals surface area contributed by atoms with Crippen molar-refractivity contribution in [2.45, 2.75) is 71.2 Å². The molecule has 1 saturated heterocycles. The number of hydrogen-bond acceptors (Lipinski definition) is 3. The number of aliphatic hydroxyl groups excluding tert-OH is 1. The highest BCUT2D eigenvalue weighted by Crippen LogP contribution is 2.18. The van der Waals surface area contributed by atoms with Crippen molar-refractivity contribution in [2.24, 2.45) is 5.92 Å². The first-order valence-electron chi connectivity index (χ1n) is 7.25. The van der Waals surface area contributed by atoms with Crippen LogP contribution in [-0.2, 0) is 4.74 Å². The van der Waals surface area contributed by atoms with Crippen LogP contribution in [0, 0.1) is 5.92 Å². The minimum absolute atomic E-state index is 0.0136. The van der Waals surface area contributed by atoms with E-state index in [9.17, 15) is 4.79 Å². The van der Waals surface area contributed by atoms with Gasteiger partial charge in [-0.15, -0.1) is 0 Å². The third kappa shape index (κ3) is 5.78. The monoisotopic (exact) mass is 272 g/mol. The lowest BCUT2D eigenvalue weighted by Crippen LogP contribution is -2.51. The van der Waals surface area contributed by atoms with Gasteiger partial charge in [0.1, 0.15) is 0 Å². The molecule has 19 heavy (non-hydrogen) atoms. The fraction of sp³-hybridized carbons (Fsp3) is 0.929. The molecule has 1 heterocycles. The number of urea groups is 1. The lowest BCUT2D eigenvalue weighted by molar-refractivity contribution is -0.0402. The molecule has 0 aromatic carbocycles. The number of carbonyl (C=O) groups is 1. The third-order valence-electron chi connectivity index (χ3n) is 3.59. The van der Waals surface area contributed by atoms with Crippen LogP contribution in [0.5, 0.6) is 0 Å². The molecule has 0 aromatic rings. The van der Waals surface area contributed by atoms with Gasteiger partial charge in [0.15, 0.2) is 0 Å². The zero-order valence-electron chi connectivity index (χ0n) is 12.5. The second-order valence-corrected chi connectivity index (χ2v) is 5.91. The van der Waals surface area contributed by atoms with Gasteiger partial charge in [-0.3, -0.25) is 0 Å². The molecule has 1 rings (SSSR count). The number of aliphatic hydroxyl groups is 1. The number of nitrogens with one attached hydrogen (secondary N) is 2. The average Bonchev–Trinajstić information content (AvgIpc) is 2.26. The van der Waals surface area contributed by atoms with Crippen molar-refractivity contribution < 1.29 is 14.6 Å². The first kappa shape index (κ1) is 16.2. The highest BCUT2D eigenvalue weighted by Gasteiger charge is 2.26. The van der Waals surface area contributed by atoms with Gasteiger partial charge in [0, 0.05) is 18.7 Å². The highest BCUT2D eigenvalue weighted by atomic mass is 16.5. The van der Waals surface area contributed by atoms with Crippen LogP contribution < -0.4 is 10.6 Å². The van der Waals surface area contributed by atoms with E-state index < -0.39 is 0 Å². The topological polar surface area (TPSA) is 70.6 Å². The Kier molecular flexibility index (Phi) is 6.58.